The van der Waals surface area contributed by atoms with Crippen LogP contribution in [0.3, 0.4) is 0 Å². The highest BCUT2D eigenvalue weighted by molar-refractivity contribution is 5.98. The van der Waals surface area contributed by atoms with Crippen LogP contribution in [0, 0.1) is 5.41 Å². The Morgan fingerprint density at radius 1 is 0.618 bits per heavy atom. The number of unbranched alkanes of at least 4 members (excludes halogenated alkanes) is 2. The fraction of sp³-hybridized carbons (Fsp3) is 0.471. The van der Waals surface area contributed by atoms with Crippen LogP contribution in [0.1, 0.15) is 94.9 Å². The molecule has 0 spiro atoms. The Bertz CT molecular complexity index is 2570. The number of primary amides is 1. The van der Waals surface area contributed by atoms with Gasteiger partial charge in [-0.2, -0.15) is 0 Å². The third kappa shape index (κ3) is 20.5. The van der Waals surface area contributed by atoms with Crippen molar-refractivity contribution in [2.45, 2.75) is 140 Å². The van der Waals surface area contributed by atoms with E-state index in [9.17, 15) is 48.3 Å². The van der Waals surface area contributed by atoms with Gasteiger partial charge in [0.1, 0.15) is 42.3 Å². The number of para-hydroxylation sites is 1. The zero-order chi connectivity index (χ0) is 55.6. The van der Waals surface area contributed by atoms with Crippen LogP contribution in [-0.2, 0) is 62.4 Å². The molecule has 7 atom stereocenters. The Labute approximate surface area is 440 Å². The topological polar surface area (TPSA) is 416 Å². The summed E-state index contributed by atoms with van der Waals surface area (Å²) in [6.45, 7) is 3.58. The molecule has 0 aliphatic rings. The molecule has 18 N–H and O–H groups in total. The number of carboxylic acid groups (broad SMARTS) is 1. The maximum atomic E-state index is 14.7. The number of nitrogens with zero attached hydrogens (tertiary/aromatic N) is 1. The number of aliphatic carboxylic acids is 1. The van der Waals surface area contributed by atoms with E-state index in [2.05, 4.69) is 57.5 Å². The Morgan fingerprint density at radius 2 is 1.14 bits per heavy atom. The smallest absolute Gasteiger partial charge is 0.303 e. The van der Waals surface area contributed by atoms with Crippen LogP contribution in [0.4, 0.5) is 0 Å². The number of benzene rings is 2. The summed E-state index contributed by atoms with van der Waals surface area (Å²) in [7, 11) is 0. The molecule has 2 aromatic carbocycles. The molecule has 0 radical (unpaired) electrons. The quantitative estimate of drug-likeness (QED) is 0.0156. The molecule has 25 heteroatoms. The highest BCUT2D eigenvalue weighted by Gasteiger charge is 2.35. The van der Waals surface area contributed by atoms with Gasteiger partial charge in [0.15, 0.2) is 5.96 Å². The molecule has 412 valence electrons. The molecule has 2 heterocycles. The molecule has 4 aromatic rings. The fourth-order valence-electron chi connectivity index (χ4n) is 8.28. The van der Waals surface area contributed by atoms with Crippen molar-refractivity contribution in [3.8, 4) is 0 Å². The van der Waals surface area contributed by atoms with Crippen LogP contribution in [-0.4, -0.2) is 135 Å². The second-order valence-electron chi connectivity index (χ2n) is 18.4. The highest BCUT2D eigenvalue weighted by Crippen LogP contribution is 2.20. The Morgan fingerprint density at radius 3 is 1.71 bits per heavy atom. The first-order chi connectivity index (χ1) is 36.4. The van der Waals surface area contributed by atoms with Crippen molar-refractivity contribution in [2.24, 2.45) is 17.2 Å². The highest BCUT2D eigenvalue weighted by atomic mass is 16.4. The Kier molecular flexibility index (Phi) is 24.9. The minimum Gasteiger partial charge on any atom is -0.481 e. The number of hydrogen-bond donors (Lipinski definition) is 15. The molecule has 0 aliphatic heterocycles. The summed E-state index contributed by atoms with van der Waals surface area (Å²) < 4.78 is 0. The lowest BCUT2D eigenvalue weighted by molar-refractivity contribution is -0.138. The SMILES string of the molecule is CCCC[C@H](NC(C)=O)C(=O)N[C@@H](CCC(=O)O)C(=O)N[C@@H](Cc1c[nH]cn1)C(=O)N[C@@H](Cc1ccccc1)C(=O)N[C@@H](CCCNC(=N)N)C(=O)N[C@@H](Cc1c[nH]c2ccccc12)C(=O)N[C@@H](CCCCN)C(N)=O. The van der Waals surface area contributed by atoms with Crippen molar-refractivity contribution < 1.29 is 48.3 Å². The third-order valence-electron chi connectivity index (χ3n) is 12.3. The molecule has 76 heavy (non-hydrogen) atoms. The van der Waals surface area contributed by atoms with Crippen LogP contribution < -0.4 is 59.7 Å². The number of hydrogen-bond acceptors (Lipinski definition) is 12. The van der Waals surface area contributed by atoms with Gasteiger partial charge in [0.25, 0.3) is 0 Å². The van der Waals surface area contributed by atoms with Crippen molar-refractivity contribution >= 4 is 70.1 Å². The van der Waals surface area contributed by atoms with Gasteiger partial charge in [0, 0.05) is 62.4 Å². The zero-order valence-corrected chi connectivity index (χ0v) is 42.9. The van der Waals surface area contributed by atoms with Gasteiger partial charge in [-0.05, 0) is 68.7 Å². The molecule has 0 fully saturated rings. The lowest BCUT2D eigenvalue weighted by Crippen LogP contribution is -2.61. The average Bonchev–Trinajstić information content (AvgIpc) is 4.06. The normalized spacial score (nSPS) is 13.8. The van der Waals surface area contributed by atoms with Gasteiger partial charge in [0.05, 0.1) is 12.0 Å². The molecule has 0 saturated carbocycles. The summed E-state index contributed by atoms with van der Waals surface area (Å²) in [5, 5.41) is 39.3. The van der Waals surface area contributed by atoms with Gasteiger partial charge < -0.3 is 74.8 Å². The van der Waals surface area contributed by atoms with Gasteiger partial charge >= 0.3 is 5.97 Å². The van der Waals surface area contributed by atoms with E-state index < -0.39 is 102 Å². The minimum atomic E-state index is -1.49. The van der Waals surface area contributed by atoms with Gasteiger partial charge in [-0.25, -0.2) is 4.98 Å². The van der Waals surface area contributed by atoms with Gasteiger partial charge in [-0.1, -0.05) is 68.3 Å². The van der Waals surface area contributed by atoms with Crippen LogP contribution >= 0.6 is 0 Å². The average molecular weight is 1060 g/mol. The maximum absolute atomic E-state index is 14.7. The van der Waals surface area contributed by atoms with E-state index in [1.54, 1.807) is 36.5 Å². The summed E-state index contributed by atoms with van der Waals surface area (Å²) in [5.74, 6) is -7.86. The first kappa shape index (κ1) is 60.2. The number of aromatic nitrogens is 3. The first-order valence-electron chi connectivity index (χ1n) is 25.3. The van der Waals surface area contributed by atoms with Crippen molar-refractivity contribution in [3.05, 3.63) is 90.1 Å². The number of imidazole rings is 1. The molecular weight excluding hydrogens is 983 g/mol. The van der Waals surface area contributed by atoms with E-state index in [0.29, 0.717) is 49.0 Å². The Hall–Kier alpha value is -8.35. The molecule has 0 saturated heterocycles. The fourth-order valence-corrected chi connectivity index (χ4v) is 8.28. The first-order valence-corrected chi connectivity index (χ1v) is 25.3. The molecular formula is C51H73N15O10. The van der Waals surface area contributed by atoms with Crippen LogP contribution in [0.2, 0.25) is 0 Å². The monoisotopic (exact) mass is 1060 g/mol. The van der Waals surface area contributed by atoms with Crippen molar-refractivity contribution in [2.75, 3.05) is 13.1 Å². The van der Waals surface area contributed by atoms with E-state index in [1.807, 2.05) is 31.2 Å². The van der Waals surface area contributed by atoms with E-state index in [-0.39, 0.29) is 63.9 Å². The predicted octanol–water partition coefficient (Wildman–Crippen LogP) is -0.735. The van der Waals surface area contributed by atoms with Crippen LogP contribution in [0.25, 0.3) is 10.9 Å². The van der Waals surface area contributed by atoms with E-state index in [4.69, 9.17) is 22.6 Å². The number of nitrogens with two attached hydrogens (primary N) is 3. The number of guanidine groups is 1. The van der Waals surface area contributed by atoms with E-state index in [1.165, 1.54) is 19.4 Å². The van der Waals surface area contributed by atoms with Crippen molar-refractivity contribution in [1.82, 2.24) is 57.5 Å². The van der Waals surface area contributed by atoms with E-state index >= 15 is 0 Å². The number of nitrogens with one attached hydrogen (secondary N) is 11. The van der Waals surface area contributed by atoms with Crippen molar-refractivity contribution in [3.63, 3.8) is 0 Å². The second-order valence-corrected chi connectivity index (χ2v) is 18.4. The van der Waals surface area contributed by atoms with Crippen LogP contribution in [0.5, 0.6) is 0 Å². The summed E-state index contributed by atoms with van der Waals surface area (Å²) >= 11 is 0. The largest absolute Gasteiger partial charge is 0.481 e. The lowest BCUT2D eigenvalue weighted by Gasteiger charge is -2.28. The van der Waals surface area contributed by atoms with Crippen molar-refractivity contribution in [1.29, 1.82) is 5.41 Å². The number of rotatable bonds is 34. The standard InChI is InChI=1S/C51H73N15O10/c1-3-4-16-37(60-30(2)67)45(71)63-39(20-21-43(68)69)47(73)66-42(26-33-28-56-29-59-33)50(76)64-40(24-31-13-6-5-7-14-31)48(74)62-38(19-12-23-57-51(54)55)46(72)65-41(25-32-27-58-35-17-9-8-15-34(32)35)49(75)61-36(44(53)70)18-10-11-22-52/h5-9,13-15,17,27-29,36-42,58H,3-4,10-12,16,18-26,52H2,1-2H3,(H2,53,70)(H,56,59)(H,60,67)(H,61,75)(H,62,74)(H,63,71)(H,64,76)(H,65,72)(H,66,73)(H,68,69)(H4,54,55,57)/t36-,37-,38-,39-,40-,41-,42-/m0/s1. The van der Waals surface area contributed by atoms with E-state index in [0.717, 1.165) is 10.9 Å². The summed E-state index contributed by atoms with van der Waals surface area (Å²) in [6.07, 6.45) is 5.93. The zero-order valence-electron chi connectivity index (χ0n) is 42.9. The molecule has 2 aromatic heterocycles. The summed E-state index contributed by atoms with van der Waals surface area (Å²) in [6, 6.07) is 6.67. The number of carboxylic acids is 1. The number of carbonyl (C=O) groups is 9. The number of carbonyl (C=O) groups excluding carboxylic acids is 8. The molecule has 4 rings (SSSR count). The summed E-state index contributed by atoms with van der Waals surface area (Å²) in [5.41, 5.74) is 19.2. The number of amides is 8. The number of fused-ring (bicyclic) bond motifs is 1. The van der Waals surface area contributed by atoms with Gasteiger partial charge in [-0.15, -0.1) is 0 Å². The molecule has 0 unspecified atom stereocenters. The Balaban J connectivity index is 1.68. The molecule has 8 amide bonds. The second kappa shape index (κ2) is 31.4. The van der Waals surface area contributed by atoms with Gasteiger partial charge in [0.2, 0.25) is 47.3 Å². The molecule has 0 bridgehead atoms. The van der Waals surface area contributed by atoms with Crippen LogP contribution in [0.15, 0.2) is 73.3 Å². The minimum absolute atomic E-state index is 0.0617. The maximum Gasteiger partial charge on any atom is 0.303 e. The van der Waals surface area contributed by atoms with Gasteiger partial charge in [-0.3, -0.25) is 48.6 Å². The third-order valence-corrected chi connectivity index (χ3v) is 12.3. The number of aromatic amines is 2. The molecule has 25 nitrogen and oxygen atoms in total. The molecule has 0 aliphatic carbocycles. The predicted molar refractivity (Wildman–Crippen MR) is 281 cm³/mol. The number of H-pyrrole nitrogens is 2. The lowest BCUT2D eigenvalue weighted by atomic mass is 10.0. The summed E-state index contributed by atoms with van der Waals surface area (Å²) in [4.78, 5) is 132.